The van der Waals surface area contributed by atoms with Crippen molar-refractivity contribution in [2.24, 2.45) is 5.84 Å². The highest BCUT2D eigenvalue weighted by molar-refractivity contribution is 5.19. The molecule has 1 aromatic heterocycles. The van der Waals surface area contributed by atoms with E-state index in [0.29, 0.717) is 0 Å². The van der Waals surface area contributed by atoms with Gasteiger partial charge < -0.3 is 0 Å². The second kappa shape index (κ2) is 5.09. The third kappa shape index (κ3) is 2.91. The Morgan fingerprint density at radius 1 is 1.67 bits per heavy atom. The smallest absolute Gasteiger partial charge is 0.0811 e. The molecular formula is C11H20N4. The van der Waals surface area contributed by atoms with E-state index in [1.807, 2.05) is 11.6 Å². The van der Waals surface area contributed by atoms with Crippen LogP contribution in [0.1, 0.15) is 38.2 Å². The number of nitrogens with one attached hydrogen (secondary N) is 1. The van der Waals surface area contributed by atoms with Crippen LogP contribution in [0.3, 0.4) is 0 Å². The molecule has 1 atom stereocenters. The molecule has 0 amide bonds. The van der Waals surface area contributed by atoms with Crippen LogP contribution < -0.4 is 11.3 Å². The molecule has 0 aromatic carbocycles. The van der Waals surface area contributed by atoms with E-state index in [1.54, 1.807) is 0 Å². The minimum atomic E-state index is 0.0381. The topological polar surface area (TPSA) is 55.9 Å². The standard InChI is InChI=1S/C11H20N4/c1-5-15-11(7-9(4)14-15)10(13-12)6-8(2)3/h6-7,10,13H,5,12H2,1-4H3. The maximum atomic E-state index is 5.55. The maximum absolute atomic E-state index is 5.55. The molecule has 15 heavy (non-hydrogen) atoms. The predicted octanol–water partition coefficient (Wildman–Crippen LogP) is 1.68. The lowest BCUT2D eigenvalue weighted by atomic mass is 10.1. The zero-order chi connectivity index (χ0) is 11.4. The first-order chi connectivity index (χ1) is 7.08. The van der Waals surface area contributed by atoms with Crippen molar-refractivity contribution in [2.45, 2.75) is 40.3 Å². The summed E-state index contributed by atoms with van der Waals surface area (Å²) in [6.45, 7) is 9.05. The summed E-state index contributed by atoms with van der Waals surface area (Å²) in [5, 5.41) is 4.40. The van der Waals surface area contributed by atoms with Crippen molar-refractivity contribution in [1.82, 2.24) is 15.2 Å². The van der Waals surface area contributed by atoms with Gasteiger partial charge in [0.1, 0.15) is 0 Å². The third-order valence-corrected chi connectivity index (χ3v) is 2.23. The summed E-state index contributed by atoms with van der Waals surface area (Å²) >= 11 is 0. The van der Waals surface area contributed by atoms with Crippen molar-refractivity contribution in [3.05, 3.63) is 29.1 Å². The zero-order valence-corrected chi connectivity index (χ0v) is 9.91. The number of rotatable bonds is 4. The SMILES string of the molecule is CCn1nc(C)cc1C(C=C(C)C)NN. The van der Waals surface area contributed by atoms with E-state index in [4.69, 9.17) is 5.84 Å². The Bertz CT molecular complexity index is 347. The minimum absolute atomic E-state index is 0.0381. The average molecular weight is 208 g/mol. The number of aryl methyl sites for hydroxylation is 2. The number of hydrazine groups is 1. The van der Waals surface area contributed by atoms with Gasteiger partial charge in [0.05, 0.1) is 17.4 Å². The van der Waals surface area contributed by atoms with Gasteiger partial charge in [-0.2, -0.15) is 5.10 Å². The number of aromatic nitrogens is 2. The normalized spacial score (nSPS) is 12.6. The van der Waals surface area contributed by atoms with Crippen molar-refractivity contribution >= 4 is 0 Å². The van der Waals surface area contributed by atoms with Crippen molar-refractivity contribution in [3.63, 3.8) is 0 Å². The Morgan fingerprint density at radius 3 is 2.80 bits per heavy atom. The lowest BCUT2D eigenvalue weighted by Crippen LogP contribution is -2.28. The van der Waals surface area contributed by atoms with E-state index >= 15 is 0 Å². The molecule has 0 fully saturated rings. The molecule has 0 aliphatic carbocycles. The first-order valence-corrected chi connectivity index (χ1v) is 5.24. The molecule has 4 heteroatoms. The Labute approximate surface area is 91.1 Å². The van der Waals surface area contributed by atoms with Crippen LogP contribution >= 0.6 is 0 Å². The molecule has 0 radical (unpaired) electrons. The van der Waals surface area contributed by atoms with Gasteiger partial charge >= 0.3 is 0 Å². The van der Waals surface area contributed by atoms with Crippen LogP contribution in [0.25, 0.3) is 0 Å². The predicted molar refractivity (Wildman–Crippen MR) is 62.1 cm³/mol. The van der Waals surface area contributed by atoms with Crippen LogP contribution in [0, 0.1) is 6.92 Å². The molecule has 0 spiro atoms. The van der Waals surface area contributed by atoms with Crippen molar-refractivity contribution in [3.8, 4) is 0 Å². The number of nitrogens with two attached hydrogens (primary N) is 1. The number of hydrogen-bond acceptors (Lipinski definition) is 3. The first-order valence-electron chi connectivity index (χ1n) is 5.24. The van der Waals surface area contributed by atoms with Crippen LogP contribution in [0.5, 0.6) is 0 Å². The first kappa shape index (κ1) is 11.9. The van der Waals surface area contributed by atoms with Gasteiger partial charge in [-0.25, -0.2) is 5.43 Å². The van der Waals surface area contributed by atoms with Crippen LogP contribution in [0.15, 0.2) is 17.7 Å². The van der Waals surface area contributed by atoms with Gasteiger partial charge in [-0.05, 0) is 33.8 Å². The molecule has 84 valence electrons. The highest BCUT2D eigenvalue weighted by Crippen LogP contribution is 2.16. The van der Waals surface area contributed by atoms with Gasteiger partial charge in [0.15, 0.2) is 0 Å². The number of nitrogens with zero attached hydrogens (tertiary/aromatic N) is 2. The highest BCUT2D eigenvalue weighted by Gasteiger charge is 2.12. The van der Waals surface area contributed by atoms with E-state index in [-0.39, 0.29) is 6.04 Å². The van der Waals surface area contributed by atoms with Crippen LogP contribution in [-0.2, 0) is 6.54 Å². The quantitative estimate of drug-likeness (QED) is 0.449. The van der Waals surface area contributed by atoms with Crippen molar-refractivity contribution in [2.75, 3.05) is 0 Å². The molecule has 4 nitrogen and oxygen atoms in total. The lowest BCUT2D eigenvalue weighted by Gasteiger charge is -2.13. The Kier molecular flexibility index (Phi) is 4.05. The largest absolute Gasteiger partial charge is 0.271 e. The van der Waals surface area contributed by atoms with E-state index < -0.39 is 0 Å². The summed E-state index contributed by atoms with van der Waals surface area (Å²) in [5.41, 5.74) is 6.17. The lowest BCUT2D eigenvalue weighted by molar-refractivity contribution is 0.550. The summed E-state index contributed by atoms with van der Waals surface area (Å²) in [6, 6.07) is 2.10. The summed E-state index contributed by atoms with van der Waals surface area (Å²) in [7, 11) is 0. The molecule has 0 bridgehead atoms. The fourth-order valence-corrected chi connectivity index (χ4v) is 1.62. The fraction of sp³-hybridized carbons (Fsp3) is 0.545. The molecule has 0 saturated carbocycles. The Balaban J connectivity index is 3.05. The van der Waals surface area contributed by atoms with E-state index in [1.165, 1.54) is 5.57 Å². The van der Waals surface area contributed by atoms with Crippen LogP contribution in [0.2, 0.25) is 0 Å². The van der Waals surface area contributed by atoms with Crippen molar-refractivity contribution in [1.29, 1.82) is 0 Å². The molecule has 0 aliphatic rings. The van der Waals surface area contributed by atoms with E-state index in [9.17, 15) is 0 Å². The summed E-state index contributed by atoms with van der Waals surface area (Å²) in [4.78, 5) is 0. The van der Waals surface area contributed by atoms with Gasteiger partial charge in [0.2, 0.25) is 0 Å². The van der Waals surface area contributed by atoms with Crippen LogP contribution in [0.4, 0.5) is 0 Å². The van der Waals surface area contributed by atoms with Gasteiger partial charge in [0.25, 0.3) is 0 Å². The molecule has 1 aromatic rings. The number of hydrogen-bond donors (Lipinski definition) is 2. The average Bonchev–Trinajstić information content (AvgIpc) is 2.55. The van der Waals surface area contributed by atoms with Gasteiger partial charge in [-0.15, -0.1) is 0 Å². The second-order valence-electron chi connectivity index (χ2n) is 3.91. The highest BCUT2D eigenvalue weighted by atomic mass is 15.3. The molecule has 3 N–H and O–H groups in total. The third-order valence-electron chi connectivity index (χ3n) is 2.23. The van der Waals surface area contributed by atoms with E-state index in [0.717, 1.165) is 17.9 Å². The molecular weight excluding hydrogens is 188 g/mol. The molecule has 1 heterocycles. The second-order valence-corrected chi connectivity index (χ2v) is 3.91. The Morgan fingerprint density at radius 2 is 2.33 bits per heavy atom. The zero-order valence-electron chi connectivity index (χ0n) is 9.91. The molecule has 1 rings (SSSR count). The van der Waals surface area contributed by atoms with Gasteiger partial charge in [0, 0.05) is 6.54 Å². The van der Waals surface area contributed by atoms with Gasteiger partial charge in [-0.3, -0.25) is 10.5 Å². The maximum Gasteiger partial charge on any atom is 0.0811 e. The molecule has 0 aliphatic heterocycles. The summed E-state index contributed by atoms with van der Waals surface area (Å²) < 4.78 is 1.97. The monoisotopic (exact) mass is 208 g/mol. The molecule has 1 unspecified atom stereocenters. The summed E-state index contributed by atoms with van der Waals surface area (Å²) in [6.07, 6.45) is 2.10. The fourth-order valence-electron chi connectivity index (χ4n) is 1.62. The molecule has 0 saturated heterocycles. The number of allylic oxidation sites excluding steroid dienone is 1. The van der Waals surface area contributed by atoms with Crippen molar-refractivity contribution < 1.29 is 0 Å². The van der Waals surface area contributed by atoms with Crippen LogP contribution in [-0.4, -0.2) is 9.78 Å². The minimum Gasteiger partial charge on any atom is -0.271 e. The van der Waals surface area contributed by atoms with E-state index in [2.05, 4.69) is 43.4 Å². The Hall–Kier alpha value is -1.13. The summed E-state index contributed by atoms with van der Waals surface area (Å²) in [5.74, 6) is 5.55. The van der Waals surface area contributed by atoms with Gasteiger partial charge in [-0.1, -0.05) is 11.6 Å².